The Labute approximate surface area is 428 Å². The second-order valence-electron chi connectivity index (χ2n) is 19.4. The Bertz CT molecular complexity index is 3330. The molecule has 0 bridgehead atoms. The first kappa shape index (κ1) is 49.9. The number of halogens is 2. The van der Waals surface area contributed by atoms with Crippen LogP contribution in [0.2, 0.25) is 0 Å². The number of carbonyl (C=O) groups is 5. The van der Waals surface area contributed by atoms with Gasteiger partial charge in [0.25, 0.3) is 11.8 Å². The highest BCUT2D eigenvalue weighted by Gasteiger charge is 2.39. The van der Waals surface area contributed by atoms with Crippen LogP contribution in [0.15, 0.2) is 91.0 Å². The van der Waals surface area contributed by atoms with Gasteiger partial charge < -0.3 is 20.1 Å². The third-order valence-corrected chi connectivity index (χ3v) is 15.1. The maximum Gasteiger partial charge on any atom is 0.355 e. The number of ether oxygens (including phenoxy) is 1. The number of amides is 4. The van der Waals surface area contributed by atoms with E-state index in [1.54, 1.807) is 78.2 Å². The molecule has 0 radical (unpaired) electrons. The summed E-state index contributed by atoms with van der Waals surface area (Å²) in [5, 5.41) is 24.6. The van der Waals surface area contributed by atoms with Crippen molar-refractivity contribution in [2.24, 2.45) is 7.05 Å². The molecule has 20 heteroatoms. The molecule has 4 aromatic carbocycles. The molecule has 2 fully saturated rings. The first-order valence-electron chi connectivity index (χ1n) is 24.4. The Morgan fingerprint density at radius 3 is 2.47 bits per heavy atom. The maximum atomic E-state index is 15.8. The fourth-order valence-electron chi connectivity index (χ4n) is 10.6. The molecule has 0 aliphatic carbocycles. The van der Waals surface area contributed by atoms with Gasteiger partial charge in [0.15, 0.2) is 17.4 Å². The maximum absolute atomic E-state index is 15.8. The molecule has 4 N–H and O–H groups in total. The lowest BCUT2D eigenvalue weighted by Gasteiger charge is -2.44. The van der Waals surface area contributed by atoms with E-state index in [0.29, 0.717) is 76.0 Å². The van der Waals surface area contributed by atoms with Crippen molar-refractivity contribution < 1.29 is 42.6 Å². The highest BCUT2D eigenvalue weighted by Crippen LogP contribution is 2.36. The van der Waals surface area contributed by atoms with Gasteiger partial charge in [-0.25, -0.2) is 23.5 Å². The molecule has 17 nitrogen and oxygen atoms in total. The summed E-state index contributed by atoms with van der Waals surface area (Å²) in [5.74, 6) is -5.72. The van der Waals surface area contributed by atoms with Gasteiger partial charge in [0.1, 0.15) is 11.6 Å². The lowest BCUT2D eigenvalue weighted by molar-refractivity contribution is -0.134. The summed E-state index contributed by atoms with van der Waals surface area (Å²) < 4.78 is 40.1. The van der Waals surface area contributed by atoms with Gasteiger partial charge in [0, 0.05) is 73.9 Å². The molecule has 74 heavy (non-hydrogen) atoms. The summed E-state index contributed by atoms with van der Waals surface area (Å²) in [6, 6.07) is 26.4. The van der Waals surface area contributed by atoms with Crippen molar-refractivity contribution >= 4 is 78.7 Å². The summed E-state index contributed by atoms with van der Waals surface area (Å²) in [4.78, 5) is 78.9. The quantitative estimate of drug-likeness (QED) is 0.0775. The molecular weight excluding hydrogens is 971 g/mol. The molecule has 3 aromatic heterocycles. The fourth-order valence-corrected chi connectivity index (χ4v) is 11.4. The Balaban J connectivity index is 0.752. The fraction of sp³-hybridized carbons (Fsp3) is 0.333. The number of piperazine rings is 1. The van der Waals surface area contributed by atoms with Crippen molar-refractivity contribution in [3.05, 3.63) is 125 Å². The first-order valence-corrected chi connectivity index (χ1v) is 25.3. The number of aromatic carboxylic acids is 1. The molecule has 4 amide bonds. The normalized spacial score (nSPS) is 18.6. The molecule has 0 spiro atoms. The van der Waals surface area contributed by atoms with Gasteiger partial charge in [-0.15, -0.1) is 0 Å². The lowest BCUT2D eigenvalue weighted by Crippen LogP contribution is -2.60. The number of imide groups is 1. The zero-order valence-corrected chi connectivity index (χ0v) is 42.0. The zero-order valence-electron chi connectivity index (χ0n) is 41.2. The predicted octanol–water partition coefficient (Wildman–Crippen LogP) is 7.63. The molecule has 10 rings (SSSR count). The second kappa shape index (κ2) is 20.3. The molecular formula is C54H54F2N10O7S. The Hall–Kier alpha value is -7.68. The van der Waals surface area contributed by atoms with Crippen LogP contribution in [0.4, 0.5) is 25.4 Å². The van der Waals surface area contributed by atoms with E-state index in [0.717, 1.165) is 26.7 Å². The number of para-hydroxylation sites is 1. The number of hydrogen-bond acceptors (Lipinski definition) is 13. The van der Waals surface area contributed by atoms with Crippen LogP contribution >= 0.6 is 11.3 Å². The van der Waals surface area contributed by atoms with Crippen LogP contribution < -0.4 is 25.6 Å². The predicted molar refractivity (Wildman–Crippen MR) is 277 cm³/mol. The number of hydrogen-bond donors (Lipinski definition) is 4. The van der Waals surface area contributed by atoms with Crippen LogP contribution in [-0.2, 0) is 34.4 Å². The summed E-state index contributed by atoms with van der Waals surface area (Å²) in [6.45, 7) is 5.48. The number of carboxylic acids is 1. The number of piperidine rings is 1. The highest BCUT2D eigenvalue weighted by atomic mass is 32.1. The number of alkyl halides is 2. The van der Waals surface area contributed by atoms with E-state index in [9.17, 15) is 29.1 Å². The number of benzene rings is 4. The highest BCUT2D eigenvalue weighted by molar-refractivity contribution is 7.22. The summed E-state index contributed by atoms with van der Waals surface area (Å²) in [5.41, 5.74) is 5.97. The average molecular weight is 1030 g/mol. The van der Waals surface area contributed by atoms with Gasteiger partial charge in [-0.1, -0.05) is 47.7 Å². The van der Waals surface area contributed by atoms with Crippen LogP contribution in [0.3, 0.4) is 0 Å². The summed E-state index contributed by atoms with van der Waals surface area (Å²) >= 11 is 1.39. The van der Waals surface area contributed by atoms with Gasteiger partial charge in [0.2, 0.25) is 17.7 Å². The summed E-state index contributed by atoms with van der Waals surface area (Å²) in [7, 11) is 1.75. The van der Waals surface area contributed by atoms with Gasteiger partial charge in [-0.3, -0.25) is 44.3 Å². The lowest BCUT2D eigenvalue weighted by atomic mass is 9.93. The zero-order chi connectivity index (χ0) is 52.0. The number of fused-ring (bicyclic) bond motifs is 3. The van der Waals surface area contributed by atoms with E-state index >= 15 is 8.78 Å². The minimum atomic E-state index is -3.26. The molecule has 2 saturated heterocycles. The number of rotatable bonds is 14. The van der Waals surface area contributed by atoms with Crippen molar-refractivity contribution in [3.63, 3.8) is 0 Å². The van der Waals surface area contributed by atoms with Crippen LogP contribution in [0.1, 0.15) is 75.8 Å². The summed E-state index contributed by atoms with van der Waals surface area (Å²) in [6.07, 6.45) is 1.20. The van der Waals surface area contributed by atoms with Gasteiger partial charge >= 0.3 is 5.97 Å². The Morgan fingerprint density at radius 2 is 1.70 bits per heavy atom. The largest absolute Gasteiger partial charge is 0.487 e. The Kier molecular flexibility index (Phi) is 13.7. The number of anilines is 3. The molecule has 7 aromatic rings. The molecule has 3 unspecified atom stereocenters. The minimum Gasteiger partial charge on any atom is -0.487 e. The number of aryl methyl sites for hydroxylation is 1. The molecule has 3 atom stereocenters. The topological polar surface area (TPSA) is 204 Å². The van der Waals surface area contributed by atoms with Crippen molar-refractivity contribution in [1.82, 2.24) is 34.9 Å². The van der Waals surface area contributed by atoms with Crippen molar-refractivity contribution in [3.8, 4) is 16.9 Å². The van der Waals surface area contributed by atoms with Crippen LogP contribution in [0.25, 0.3) is 32.2 Å². The van der Waals surface area contributed by atoms with Crippen LogP contribution in [0, 0.1) is 6.92 Å². The monoisotopic (exact) mass is 1020 g/mol. The van der Waals surface area contributed by atoms with E-state index in [2.05, 4.69) is 31.0 Å². The van der Waals surface area contributed by atoms with E-state index in [-0.39, 0.29) is 73.2 Å². The van der Waals surface area contributed by atoms with Crippen molar-refractivity contribution in [2.45, 2.75) is 70.5 Å². The average Bonchev–Trinajstić information content (AvgIpc) is 3.93. The van der Waals surface area contributed by atoms with E-state index in [1.165, 1.54) is 11.3 Å². The van der Waals surface area contributed by atoms with Crippen molar-refractivity contribution in [2.75, 3.05) is 54.9 Å². The third-order valence-electron chi connectivity index (χ3n) is 14.1. The number of aromatic nitrogens is 4. The molecule has 6 heterocycles. The number of carbonyl (C=O) groups excluding carboxylic acids is 4. The van der Waals surface area contributed by atoms with Crippen molar-refractivity contribution in [1.29, 1.82) is 0 Å². The van der Waals surface area contributed by atoms with E-state index < -0.39 is 31.0 Å². The SMILES string of the molecule is Cc1c(OCC(F)(F)CN2CC(C)N(CC(=O)Nc3ccc4c(C5CCC(=O)NC5=O)nn(C)c4c3)C(C)C2)cccc1-c1ccc(N2CCc3cccc(C(=O)Nc4nc5ccccc5s4)c3C2)nc1C(=O)O. The van der Waals surface area contributed by atoms with Crippen LogP contribution in [-0.4, -0.2) is 122 Å². The molecule has 3 aliphatic heterocycles. The van der Waals surface area contributed by atoms with Gasteiger partial charge in [-0.2, -0.15) is 5.10 Å². The van der Waals surface area contributed by atoms with E-state index in [1.807, 2.05) is 60.0 Å². The molecule has 0 saturated carbocycles. The molecule has 382 valence electrons. The standard InChI is InChI=1S/C54H54F2N10O7S/c1-30-24-64(25-31(2)66(30)27-47(68)57-34-15-16-38-42(23-34)63(4)62-48(38)39-18-20-46(67)60-51(39)70)28-54(55,56)29-73-43-13-8-10-35(32(43)3)36-17-19-45(59-49(36)52(71)72)65-22-21-33-9-7-11-37(40(33)26-65)50(69)61-53-58-41-12-5-6-14-44(41)74-53/h5-17,19,23,30-31,39H,18,20-22,24-29H2,1-4H3,(H,57,68)(H,71,72)(H,58,61,69)(H,60,67,70). The number of thiazole rings is 1. The van der Waals surface area contributed by atoms with Crippen LogP contribution in [0.5, 0.6) is 5.75 Å². The Morgan fingerprint density at radius 1 is 0.919 bits per heavy atom. The van der Waals surface area contributed by atoms with Gasteiger partial charge in [0.05, 0.1) is 40.4 Å². The minimum absolute atomic E-state index is 0.0405. The number of pyridine rings is 1. The number of nitrogens with one attached hydrogen (secondary N) is 3. The second-order valence-corrected chi connectivity index (χ2v) is 20.4. The van der Waals surface area contributed by atoms with E-state index in [4.69, 9.17) is 4.74 Å². The smallest absolute Gasteiger partial charge is 0.355 e. The molecule has 3 aliphatic rings. The number of nitrogens with zero attached hydrogens (tertiary/aromatic N) is 7. The number of carboxylic acid groups (broad SMARTS) is 1. The van der Waals surface area contributed by atoms with Gasteiger partial charge in [-0.05, 0) is 110 Å². The third kappa shape index (κ3) is 10.3. The first-order chi connectivity index (χ1) is 35.5.